The maximum atomic E-state index is 12.3. The molecule has 132 valence electrons. The Morgan fingerprint density at radius 3 is 2.69 bits per heavy atom. The van der Waals surface area contributed by atoms with E-state index in [9.17, 15) is 4.79 Å². The van der Waals surface area contributed by atoms with E-state index in [1.54, 1.807) is 18.3 Å². The van der Waals surface area contributed by atoms with Crippen molar-refractivity contribution in [2.24, 2.45) is 0 Å². The molecule has 2 N–H and O–H groups in total. The molecule has 3 aromatic rings. The lowest BCUT2D eigenvalue weighted by Gasteiger charge is -2.08. The highest BCUT2D eigenvalue weighted by Gasteiger charge is 2.09. The normalized spacial score (nSPS) is 10.4. The summed E-state index contributed by atoms with van der Waals surface area (Å²) in [6, 6.07) is 17.2. The van der Waals surface area contributed by atoms with Crippen LogP contribution >= 0.6 is 11.6 Å². The van der Waals surface area contributed by atoms with Crippen molar-refractivity contribution in [3.63, 3.8) is 0 Å². The van der Waals surface area contributed by atoms with Crippen LogP contribution in [0.4, 0.5) is 11.6 Å². The van der Waals surface area contributed by atoms with Crippen LogP contribution < -0.4 is 10.6 Å². The monoisotopic (exact) mass is 366 g/mol. The molecule has 0 radical (unpaired) electrons. The van der Waals surface area contributed by atoms with Crippen LogP contribution in [0.2, 0.25) is 5.02 Å². The van der Waals surface area contributed by atoms with Crippen molar-refractivity contribution in [3.8, 4) is 0 Å². The summed E-state index contributed by atoms with van der Waals surface area (Å²) in [6.45, 7) is 2.48. The number of halogens is 1. The second-order valence-corrected chi connectivity index (χ2v) is 6.25. The van der Waals surface area contributed by atoms with E-state index in [0.29, 0.717) is 23.2 Å². The molecule has 6 heteroatoms. The number of benzene rings is 2. The fraction of sp³-hybridized carbons (Fsp3) is 0.150. The van der Waals surface area contributed by atoms with Crippen LogP contribution in [0.5, 0.6) is 0 Å². The minimum absolute atomic E-state index is 0.228. The van der Waals surface area contributed by atoms with Crippen LogP contribution in [0, 0.1) is 6.92 Å². The average Bonchev–Trinajstić information content (AvgIpc) is 2.66. The molecule has 0 saturated carbocycles. The van der Waals surface area contributed by atoms with E-state index in [0.717, 1.165) is 17.7 Å². The summed E-state index contributed by atoms with van der Waals surface area (Å²) < 4.78 is 0. The van der Waals surface area contributed by atoms with Crippen LogP contribution in [-0.4, -0.2) is 22.4 Å². The Labute approximate surface area is 157 Å². The SMILES string of the molecule is Cc1ccc(Nc2nccc(C(=O)NCCc3ccccc3)n2)cc1Cl. The zero-order valence-electron chi connectivity index (χ0n) is 14.4. The van der Waals surface area contributed by atoms with Crippen molar-refractivity contribution in [2.75, 3.05) is 11.9 Å². The first kappa shape index (κ1) is 17.9. The van der Waals surface area contributed by atoms with Gasteiger partial charge in [0.25, 0.3) is 5.91 Å². The summed E-state index contributed by atoms with van der Waals surface area (Å²) in [7, 11) is 0. The van der Waals surface area contributed by atoms with Gasteiger partial charge in [-0.2, -0.15) is 0 Å². The predicted molar refractivity (Wildman–Crippen MR) is 104 cm³/mol. The topological polar surface area (TPSA) is 66.9 Å². The lowest BCUT2D eigenvalue weighted by Crippen LogP contribution is -2.26. The molecule has 1 heterocycles. The highest BCUT2D eigenvalue weighted by Crippen LogP contribution is 2.21. The Morgan fingerprint density at radius 2 is 1.92 bits per heavy atom. The number of hydrogen-bond donors (Lipinski definition) is 2. The number of nitrogens with zero attached hydrogens (tertiary/aromatic N) is 2. The molecule has 2 aromatic carbocycles. The number of carbonyl (C=O) groups excluding carboxylic acids is 1. The van der Waals surface area contributed by atoms with Crippen molar-refractivity contribution >= 4 is 29.1 Å². The maximum Gasteiger partial charge on any atom is 0.270 e. The quantitative estimate of drug-likeness (QED) is 0.687. The van der Waals surface area contributed by atoms with Gasteiger partial charge in [-0.1, -0.05) is 48.0 Å². The first-order chi connectivity index (χ1) is 12.6. The summed E-state index contributed by atoms with van der Waals surface area (Å²) in [4.78, 5) is 20.7. The van der Waals surface area contributed by atoms with E-state index in [1.807, 2.05) is 49.4 Å². The summed E-state index contributed by atoms with van der Waals surface area (Å²) in [5.74, 6) is 0.119. The van der Waals surface area contributed by atoms with Gasteiger partial charge in [-0.05, 0) is 42.7 Å². The number of nitrogens with one attached hydrogen (secondary N) is 2. The molecule has 1 aromatic heterocycles. The number of aryl methyl sites for hydroxylation is 1. The van der Waals surface area contributed by atoms with Gasteiger partial charge in [-0.25, -0.2) is 9.97 Å². The van der Waals surface area contributed by atoms with Gasteiger partial charge in [0, 0.05) is 23.5 Å². The third-order valence-electron chi connectivity index (χ3n) is 3.86. The Morgan fingerprint density at radius 1 is 1.12 bits per heavy atom. The Hall–Kier alpha value is -2.92. The van der Waals surface area contributed by atoms with Crippen molar-refractivity contribution < 1.29 is 4.79 Å². The summed E-state index contributed by atoms with van der Waals surface area (Å²) in [5.41, 5.74) is 3.25. The number of carbonyl (C=O) groups is 1. The van der Waals surface area contributed by atoms with Gasteiger partial charge in [0.2, 0.25) is 5.95 Å². The number of anilines is 2. The molecule has 0 aliphatic carbocycles. The van der Waals surface area contributed by atoms with Gasteiger partial charge in [0.05, 0.1) is 0 Å². The second kappa shape index (κ2) is 8.45. The van der Waals surface area contributed by atoms with E-state index in [4.69, 9.17) is 11.6 Å². The molecule has 0 fully saturated rings. The lowest BCUT2D eigenvalue weighted by molar-refractivity contribution is 0.0949. The average molecular weight is 367 g/mol. The van der Waals surface area contributed by atoms with Crippen LogP contribution in [0.1, 0.15) is 21.6 Å². The molecule has 0 spiro atoms. The fourth-order valence-corrected chi connectivity index (χ4v) is 2.58. The second-order valence-electron chi connectivity index (χ2n) is 5.85. The largest absolute Gasteiger partial charge is 0.350 e. The summed E-state index contributed by atoms with van der Waals surface area (Å²) >= 11 is 6.12. The van der Waals surface area contributed by atoms with Crippen molar-refractivity contribution in [3.05, 3.63) is 82.6 Å². The first-order valence-electron chi connectivity index (χ1n) is 8.30. The van der Waals surface area contributed by atoms with Crippen molar-refractivity contribution in [2.45, 2.75) is 13.3 Å². The van der Waals surface area contributed by atoms with E-state index < -0.39 is 0 Å². The molecule has 3 rings (SSSR count). The van der Waals surface area contributed by atoms with Crippen molar-refractivity contribution in [1.82, 2.24) is 15.3 Å². The Bertz CT molecular complexity index is 899. The molecule has 0 aliphatic heterocycles. The Kier molecular flexibility index (Phi) is 5.81. The number of amides is 1. The van der Waals surface area contributed by atoms with Gasteiger partial charge in [0.15, 0.2) is 0 Å². The number of rotatable bonds is 6. The van der Waals surface area contributed by atoms with Gasteiger partial charge < -0.3 is 10.6 Å². The van der Waals surface area contributed by atoms with Gasteiger partial charge in [-0.15, -0.1) is 0 Å². The van der Waals surface area contributed by atoms with Crippen LogP contribution in [0.25, 0.3) is 0 Å². The van der Waals surface area contributed by atoms with E-state index in [2.05, 4.69) is 20.6 Å². The molecule has 0 aliphatic rings. The number of aromatic nitrogens is 2. The molecular formula is C20H19ClN4O. The van der Waals surface area contributed by atoms with Crippen LogP contribution in [0.15, 0.2) is 60.8 Å². The zero-order chi connectivity index (χ0) is 18.4. The van der Waals surface area contributed by atoms with Crippen LogP contribution in [0.3, 0.4) is 0 Å². The first-order valence-corrected chi connectivity index (χ1v) is 8.68. The molecular weight excluding hydrogens is 348 g/mol. The molecule has 5 nitrogen and oxygen atoms in total. The Balaban J connectivity index is 1.60. The van der Waals surface area contributed by atoms with E-state index in [-0.39, 0.29) is 5.91 Å². The lowest BCUT2D eigenvalue weighted by atomic mass is 10.1. The molecule has 0 saturated heterocycles. The van der Waals surface area contributed by atoms with Crippen molar-refractivity contribution in [1.29, 1.82) is 0 Å². The zero-order valence-corrected chi connectivity index (χ0v) is 15.1. The maximum absolute atomic E-state index is 12.3. The van der Waals surface area contributed by atoms with Gasteiger partial charge in [-0.3, -0.25) is 4.79 Å². The third kappa shape index (κ3) is 4.80. The molecule has 0 unspecified atom stereocenters. The molecule has 26 heavy (non-hydrogen) atoms. The molecule has 0 bridgehead atoms. The predicted octanol–water partition coefficient (Wildman–Crippen LogP) is 4.15. The number of hydrogen-bond acceptors (Lipinski definition) is 4. The van der Waals surface area contributed by atoms with Gasteiger partial charge in [0.1, 0.15) is 5.69 Å². The van der Waals surface area contributed by atoms with E-state index in [1.165, 1.54) is 5.56 Å². The van der Waals surface area contributed by atoms with Crippen LogP contribution in [-0.2, 0) is 6.42 Å². The minimum atomic E-state index is -0.228. The standard InChI is InChI=1S/C20H19ClN4O/c1-14-7-8-16(13-17(14)21)24-20-23-12-10-18(25-20)19(26)22-11-9-15-5-3-2-4-6-15/h2-8,10,12-13H,9,11H2,1H3,(H,22,26)(H,23,24,25). The third-order valence-corrected chi connectivity index (χ3v) is 4.27. The highest BCUT2D eigenvalue weighted by molar-refractivity contribution is 6.31. The van der Waals surface area contributed by atoms with Gasteiger partial charge >= 0.3 is 0 Å². The van der Waals surface area contributed by atoms with E-state index >= 15 is 0 Å². The smallest absolute Gasteiger partial charge is 0.270 e. The summed E-state index contributed by atoms with van der Waals surface area (Å²) in [6.07, 6.45) is 2.32. The minimum Gasteiger partial charge on any atom is -0.350 e. The molecule has 0 atom stereocenters. The fourth-order valence-electron chi connectivity index (χ4n) is 2.40. The summed E-state index contributed by atoms with van der Waals surface area (Å²) in [5, 5.41) is 6.60. The highest BCUT2D eigenvalue weighted by atomic mass is 35.5. The molecule has 1 amide bonds.